The molecule has 5 heteroatoms. The number of aromatic amines is 1. The highest BCUT2D eigenvalue weighted by Gasteiger charge is 2.07. The number of nitrogens with one attached hydrogen (secondary N) is 1. The zero-order valence-electron chi connectivity index (χ0n) is 6.36. The molecule has 0 saturated heterocycles. The molecule has 0 atom stereocenters. The highest BCUT2D eigenvalue weighted by molar-refractivity contribution is 5.77. The average Bonchev–Trinajstić information content (AvgIpc) is 2.49. The van der Waals surface area contributed by atoms with Crippen LogP contribution in [-0.4, -0.2) is 15.0 Å². The molecule has 0 bridgehead atoms. The summed E-state index contributed by atoms with van der Waals surface area (Å²) in [6, 6.07) is 1.86. The standard InChI is InChI=1S/C7H9N5/c8-6(9)5-4-1-2-10-7(4)12-3-11-5/h1-3,6H,8-9H2,(H,10,11,12). The summed E-state index contributed by atoms with van der Waals surface area (Å²) in [5.41, 5.74) is 12.5. The summed E-state index contributed by atoms with van der Waals surface area (Å²) in [7, 11) is 0. The third-order valence-corrected chi connectivity index (χ3v) is 1.70. The van der Waals surface area contributed by atoms with Gasteiger partial charge in [0, 0.05) is 11.6 Å². The third kappa shape index (κ3) is 0.956. The van der Waals surface area contributed by atoms with E-state index in [1.165, 1.54) is 6.33 Å². The summed E-state index contributed by atoms with van der Waals surface area (Å²) in [6.07, 6.45) is 2.68. The highest BCUT2D eigenvalue weighted by atomic mass is 15.0. The first-order valence-corrected chi connectivity index (χ1v) is 3.58. The Labute approximate surface area is 68.8 Å². The fourth-order valence-corrected chi connectivity index (χ4v) is 1.16. The SMILES string of the molecule is NC(N)c1ncnc2[nH]ccc12. The van der Waals surface area contributed by atoms with Crippen LogP contribution in [0, 0.1) is 0 Å². The lowest BCUT2D eigenvalue weighted by atomic mass is 10.2. The normalized spacial score (nSPS) is 11.2. The summed E-state index contributed by atoms with van der Waals surface area (Å²) in [5.74, 6) is 0. The summed E-state index contributed by atoms with van der Waals surface area (Å²) < 4.78 is 0. The van der Waals surface area contributed by atoms with Crippen molar-refractivity contribution in [3.63, 3.8) is 0 Å². The van der Waals surface area contributed by atoms with Gasteiger partial charge in [0.15, 0.2) is 0 Å². The second-order valence-corrected chi connectivity index (χ2v) is 2.52. The van der Waals surface area contributed by atoms with Gasteiger partial charge in [-0.1, -0.05) is 0 Å². The van der Waals surface area contributed by atoms with Crippen molar-refractivity contribution < 1.29 is 0 Å². The molecule has 2 heterocycles. The first kappa shape index (κ1) is 7.20. The van der Waals surface area contributed by atoms with Gasteiger partial charge in [-0.2, -0.15) is 0 Å². The van der Waals surface area contributed by atoms with Gasteiger partial charge in [-0.15, -0.1) is 0 Å². The lowest BCUT2D eigenvalue weighted by Crippen LogP contribution is -2.21. The van der Waals surface area contributed by atoms with Crippen LogP contribution in [0.4, 0.5) is 0 Å². The van der Waals surface area contributed by atoms with Crippen LogP contribution in [0.2, 0.25) is 0 Å². The van der Waals surface area contributed by atoms with E-state index in [1.54, 1.807) is 6.20 Å². The van der Waals surface area contributed by atoms with Crippen molar-refractivity contribution >= 4 is 11.0 Å². The summed E-state index contributed by atoms with van der Waals surface area (Å²) in [6.45, 7) is 0. The molecular formula is C7H9N5. The average molecular weight is 163 g/mol. The van der Waals surface area contributed by atoms with Crippen LogP contribution in [0.25, 0.3) is 11.0 Å². The molecule has 0 saturated carbocycles. The third-order valence-electron chi connectivity index (χ3n) is 1.70. The molecule has 2 aromatic rings. The molecule has 62 valence electrons. The lowest BCUT2D eigenvalue weighted by molar-refractivity contribution is 0.747. The van der Waals surface area contributed by atoms with Crippen LogP contribution in [0.5, 0.6) is 0 Å². The van der Waals surface area contributed by atoms with Crippen molar-refractivity contribution in [2.45, 2.75) is 6.17 Å². The number of H-pyrrole nitrogens is 1. The Kier molecular flexibility index (Phi) is 1.53. The van der Waals surface area contributed by atoms with E-state index in [2.05, 4.69) is 15.0 Å². The zero-order valence-corrected chi connectivity index (χ0v) is 6.36. The molecule has 12 heavy (non-hydrogen) atoms. The Morgan fingerprint density at radius 1 is 1.33 bits per heavy atom. The molecule has 0 aliphatic heterocycles. The quantitative estimate of drug-likeness (QED) is 0.510. The minimum atomic E-state index is -0.550. The van der Waals surface area contributed by atoms with E-state index in [9.17, 15) is 0 Å². The Morgan fingerprint density at radius 2 is 2.17 bits per heavy atom. The molecule has 0 aromatic carbocycles. The summed E-state index contributed by atoms with van der Waals surface area (Å²) in [4.78, 5) is 11.0. The van der Waals surface area contributed by atoms with Gasteiger partial charge in [-0.3, -0.25) is 0 Å². The first-order valence-electron chi connectivity index (χ1n) is 3.58. The van der Waals surface area contributed by atoms with Gasteiger partial charge >= 0.3 is 0 Å². The molecule has 2 rings (SSSR count). The minimum Gasteiger partial charge on any atom is -0.346 e. The van der Waals surface area contributed by atoms with Gasteiger partial charge in [0.2, 0.25) is 0 Å². The van der Waals surface area contributed by atoms with Crippen LogP contribution >= 0.6 is 0 Å². The van der Waals surface area contributed by atoms with Gasteiger partial charge < -0.3 is 16.5 Å². The molecule has 0 aliphatic carbocycles. The van der Waals surface area contributed by atoms with Crippen molar-refractivity contribution in [3.8, 4) is 0 Å². The molecule has 0 radical (unpaired) electrons. The minimum absolute atomic E-state index is 0.550. The van der Waals surface area contributed by atoms with Crippen LogP contribution in [0.1, 0.15) is 11.9 Å². The molecule has 2 aromatic heterocycles. The largest absolute Gasteiger partial charge is 0.346 e. The Morgan fingerprint density at radius 3 is 2.92 bits per heavy atom. The van der Waals surface area contributed by atoms with Gasteiger partial charge in [-0.05, 0) is 6.07 Å². The Balaban J connectivity index is 2.73. The number of nitrogens with two attached hydrogens (primary N) is 2. The highest BCUT2D eigenvalue weighted by Crippen LogP contribution is 2.14. The van der Waals surface area contributed by atoms with Gasteiger partial charge in [0.25, 0.3) is 0 Å². The number of nitrogens with zero attached hydrogens (tertiary/aromatic N) is 2. The van der Waals surface area contributed by atoms with E-state index >= 15 is 0 Å². The summed E-state index contributed by atoms with van der Waals surface area (Å²) in [5, 5.41) is 0.882. The fourth-order valence-electron chi connectivity index (χ4n) is 1.16. The molecule has 5 nitrogen and oxygen atoms in total. The smallest absolute Gasteiger partial charge is 0.141 e. The number of fused-ring (bicyclic) bond motifs is 1. The second kappa shape index (κ2) is 2.54. The van der Waals surface area contributed by atoms with Crippen LogP contribution in [-0.2, 0) is 0 Å². The van der Waals surface area contributed by atoms with E-state index < -0.39 is 6.17 Å². The molecule has 0 spiro atoms. The van der Waals surface area contributed by atoms with E-state index in [-0.39, 0.29) is 0 Å². The maximum atomic E-state index is 5.51. The van der Waals surface area contributed by atoms with Crippen molar-refractivity contribution in [3.05, 3.63) is 24.3 Å². The maximum absolute atomic E-state index is 5.51. The van der Waals surface area contributed by atoms with Crippen molar-refractivity contribution in [1.82, 2.24) is 15.0 Å². The topological polar surface area (TPSA) is 93.6 Å². The van der Waals surface area contributed by atoms with Gasteiger partial charge in [-0.25, -0.2) is 9.97 Å². The molecular weight excluding hydrogens is 154 g/mol. The monoisotopic (exact) mass is 163 g/mol. The van der Waals surface area contributed by atoms with E-state index in [0.29, 0.717) is 5.69 Å². The number of aromatic nitrogens is 3. The molecule has 5 N–H and O–H groups in total. The van der Waals surface area contributed by atoms with E-state index in [4.69, 9.17) is 11.5 Å². The molecule has 0 amide bonds. The Hall–Kier alpha value is -1.46. The van der Waals surface area contributed by atoms with Crippen LogP contribution in [0.3, 0.4) is 0 Å². The summed E-state index contributed by atoms with van der Waals surface area (Å²) >= 11 is 0. The number of hydrogen-bond acceptors (Lipinski definition) is 4. The number of rotatable bonds is 1. The predicted molar refractivity (Wildman–Crippen MR) is 45.0 cm³/mol. The van der Waals surface area contributed by atoms with Gasteiger partial charge in [0.1, 0.15) is 12.0 Å². The van der Waals surface area contributed by atoms with Crippen molar-refractivity contribution in [1.29, 1.82) is 0 Å². The van der Waals surface area contributed by atoms with Gasteiger partial charge in [0.05, 0.1) is 11.9 Å². The molecule has 0 aliphatic rings. The number of hydrogen-bond donors (Lipinski definition) is 3. The zero-order chi connectivity index (χ0) is 8.55. The lowest BCUT2D eigenvalue weighted by Gasteiger charge is -2.03. The molecule has 0 fully saturated rings. The van der Waals surface area contributed by atoms with Crippen LogP contribution < -0.4 is 11.5 Å². The van der Waals surface area contributed by atoms with Crippen molar-refractivity contribution in [2.75, 3.05) is 0 Å². The van der Waals surface area contributed by atoms with E-state index in [0.717, 1.165) is 11.0 Å². The Bertz CT molecular complexity index is 391. The second-order valence-electron chi connectivity index (χ2n) is 2.52. The van der Waals surface area contributed by atoms with E-state index in [1.807, 2.05) is 6.07 Å². The molecule has 0 unspecified atom stereocenters. The van der Waals surface area contributed by atoms with Crippen molar-refractivity contribution in [2.24, 2.45) is 11.5 Å². The maximum Gasteiger partial charge on any atom is 0.141 e. The first-order chi connectivity index (χ1) is 5.79. The predicted octanol–water partition coefficient (Wildman–Crippen LogP) is -0.126. The van der Waals surface area contributed by atoms with Crippen LogP contribution in [0.15, 0.2) is 18.6 Å². The fraction of sp³-hybridized carbons (Fsp3) is 0.143.